The molecule has 3 heterocycles. The van der Waals surface area contributed by atoms with Crippen molar-refractivity contribution >= 4 is 11.0 Å². The molecule has 0 radical (unpaired) electrons. The third-order valence-electron chi connectivity index (χ3n) is 8.00. The molecular weight excluding hydrogens is 475 g/mol. The van der Waals surface area contributed by atoms with Crippen LogP contribution in [0.25, 0.3) is 16.7 Å². The van der Waals surface area contributed by atoms with Gasteiger partial charge in [0.25, 0.3) is 0 Å². The number of benzene rings is 2. The molecule has 0 amide bonds. The predicted octanol–water partition coefficient (Wildman–Crippen LogP) is 6.06. The van der Waals surface area contributed by atoms with Crippen molar-refractivity contribution in [3.05, 3.63) is 77.6 Å². The van der Waals surface area contributed by atoms with E-state index in [1.807, 2.05) is 12.1 Å². The highest BCUT2D eigenvalue weighted by Gasteiger charge is 2.20. The Kier molecular flexibility index (Phi) is 8.55. The number of piperidine rings is 1. The van der Waals surface area contributed by atoms with Gasteiger partial charge in [-0.25, -0.2) is 14.1 Å². The van der Waals surface area contributed by atoms with Gasteiger partial charge in [0.2, 0.25) is 0 Å². The number of aryl methyl sites for hydroxylation is 1. The van der Waals surface area contributed by atoms with Gasteiger partial charge < -0.3 is 14.4 Å². The summed E-state index contributed by atoms with van der Waals surface area (Å²) in [6.45, 7) is 9.89. The Hall–Kier alpha value is -3.03. The molecule has 2 aromatic carbocycles. The van der Waals surface area contributed by atoms with Crippen LogP contribution in [0.4, 0.5) is 4.39 Å². The van der Waals surface area contributed by atoms with Gasteiger partial charge in [-0.3, -0.25) is 0 Å². The minimum atomic E-state index is -0.265. The number of aromatic nitrogens is 4. The summed E-state index contributed by atoms with van der Waals surface area (Å²) in [5.74, 6) is 0.734. The van der Waals surface area contributed by atoms with Crippen molar-refractivity contribution in [2.24, 2.45) is 0 Å². The van der Waals surface area contributed by atoms with Crippen LogP contribution in [-0.2, 0) is 19.5 Å². The average Bonchev–Trinajstić information content (AvgIpc) is 3.53. The zero-order chi connectivity index (χ0) is 26.5. The summed E-state index contributed by atoms with van der Waals surface area (Å²) < 4.78 is 17.9. The van der Waals surface area contributed by atoms with E-state index >= 15 is 0 Å². The molecule has 5 rings (SSSR count). The van der Waals surface area contributed by atoms with E-state index in [1.165, 1.54) is 62.9 Å². The smallest absolute Gasteiger partial charge is 0.125 e. The normalized spacial score (nSPS) is 15.5. The number of likely N-dealkylation sites (tertiary alicyclic amines) is 1. The number of imidazole rings is 1. The van der Waals surface area contributed by atoms with E-state index in [0.29, 0.717) is 12.5 Å². The second-order valence-electron chi connectivity index (χ2n) is 10.7. The van der Waals surface area contributed by atoms with Crippen molar-refractivity contribution in [3.63, 3.8) is 0 Å². The van der Waals surface area contributed by atoms with Gasteiger partial charge in [-0.1, -0.05) is 25.5 Å². The molecule has 1 fully saturated rings. The van der Waals surface area contributed by atoms with Crippen LogP contribution in [0.3, 0.4) is 0 Å². The van der Waals surface area contributed by atoms with Gasteiger partial charge in [0.05, 0.1) is 22.4 Å². The van der Waals surface area contributed by atoms with Crippen molar-refractivity contribution in [2.45, 2.75) is 71.5 Å². The molecule has 1 atom stereocenters. The topological polar surface area (TPSA) is 42.1 Å². The van der Waals surface area contributed by atoms with Crippen LogP contribution in [0.5, 0.6) is 0 Å². The minimum Gasteiger partial charge on any atom is -0.328 e. The maximum atomic E-state index is 13.8. The molecule has 1 aliphatic heterocycles. The largest absolute Gasteiger partial charge is 0.328 e. The van der Waals surface area contributed by atoms with Crippen LogP contribution in [0.2, 0.25) is 0 Å². The first-order valence-electron chi connectivity index (χ1n) is 14.2. The zero-order valence-corrected chi connectivity index (χ0v) is 23.1. The molecule has 1 saturated heterocycles. The second kappa shape index (κ2) is 12.2. The summed E-state index contributed by atoms with van der Waals surface area (Å²) in [5, 5.41) is 4.45. The minimum absolute atomic E-state index is 0.265. The SMILES string of the molecule is CCC(CCN(C)Cc1ccc2c(c1)nc(Cc1ccnn1-c1cccc(F)c1)n2CC)N1CCCCC1. The molecule has 0 spiro atoms. The molecule has 0 N–H and O–H groups in total. The molecule has 6 nitrogen and oxygen atoms in total. The molecule has 4 aromatic rings. The number of halogens is 1. The molecule has 7 heteroatoms. The lowest BCUT2D eigenvalue weighted by Crippen LogP contribution is -2.40. The number of hydrogen-bond donors (Lipinski definition) is 0. The molecule has 2 aromatic heterocycles. The third-order valence-corrected chi connectivity index (χ3v) is 8.00. The maximum Gasteiger partial charge on any atom is 0.125 e. The van der Waals surface area contributed by atoms with Crippen molar-refractivity contribution < 1.29 is 4.39 Å². The zero-order valence-electron chi connectivity index (χ0n) is 23.1. The van der Waals surface area contributed by atoms with Crippen molar-refractivity contribution in [2.75, 3.05) is 26.7 Å². The molecule has 0 bridgehead atoms. The number of rotatable bonds is 11. The average molecular weight is 517 g/mol. The van der Waals surface area contributed by atoms with Crippen LogP contribution < -0.4 is 0 Å². The standard InChI is InChI=1S/C31H41FN6/c1-4-26(36-17-7-6-8-18-36)15-19-35(3)23-24-12-13-30-29(20-24)34-31(37(30)5-2)22-28-14-16-33-38(28)27-11-9-10-25(32)21-27/h9-14,16,20-21,26H,4-8,15,17-19,22-23H2,1-3H3. The lowest BCUT2D eigenvalue weighted by molar-refractivity contribution is 0.139. The quantitative estimate of drug-likeness (QED) is 0.243. The number of hydrogen-bond acceptors (Lipinski definition) is 4. The summed E-state index contributed by atoms with van der Waals surface area (Å²) in [4.78, 5) is 10.2. The van der Waals surface area contributed by atoms with E-state index in [1.54, 1.807) is 16.9 Å². The molecule has 1 aliphatic rings. The predicted molar refractivity (Wildman–Crippen MR) is 152 cm³/mol. The van der Waals surface area contributed by atoms with E-state index in [4.69, 9.17) is 4.98 Å². The Balaban J connectivity index is 1.28. The fourth-order valence-electron chi connectivity index (χ4n) is 5.97. The van der Waals surface area contributed by atoms with E-state index in [0.717, 1.165) is 47.9 Å². The first-order valence-corrected chi connectivity index (χ1v) is 14.2. The summed E-state index contributed by atoms with van der Waals surface area (Å²) >= 11 is 0. The summed E-state index contributed by atoms with van der Waals surface area (Å²) in [5.41, 5.74) is 5.19. The van der Waals surface area contributed by atoms with Gasteiger partial charge in [0.15, 0.2) is 0 Å². The number of fused-ring (bicyclic) bond motifs is 1. The Morgan fingerprint density at radius 2 is 1.87 bits per heavy atom. The second-order valence-corrected chi connectivity index (χ2v) is 10.7. The van der Waals surface area contributed by atoms with Gasteiger partial charge >= 0.3 is 0 Å². The first-order chi connectivity index (χ1) is 18.6. The molecule has 1 unspecified atom stereocenters. The van der Waals surface area contributed by atoms with Crippen molar-refractivity contribution in [1.82, 2.24) is 29.1 Å². The molecular formula is C31H41FN6. The summed E-state index contributed by atoms with van der Waals surface area (Å²) in [6, 6.07) is 15.9. The monoisotopic (exact) mass is 516 g/mol. The Morgan fingerprint density at radius 1 is 1.03 bits per heavy atom. The fraction of sp³-hybridized carbons (Fsp3) is 0.484. The van der Waals surface area contributed by atoms with Crippen molar-refractivity contribution in [3.8, 4) is 5.69 Å². The van der Waals surface area contributed by atoms with Crippen LogP contribution in [0.1, 0.15) is 63.0 Å². The first kappa shape index (κ1) is 26.6. The number of nitrogens with zero attached hydrogens (tertiary/aromatic N) is 6. The van der Waals surface area contributed by atoms with Gasteiger partial charge in [-0.05, 0) is 101 Å². The van der Waals surface area contributed by atoms with Crippen LogP contribution >= 0.6 is 0 Å². The van der Waals surface area contributed by atoms with Crippen LogP contribution in [0, 0.1) is 5.82 Å². The molecule has 202 valence electrons. The van der Waals surface area contributed by atoms with E-state index in [9.17, 15) is 4.39 Å². The van der Waals surface area contributed by atoms with Crippen molar-refractivity contribution in [1.29, 1.82) is 0 Å². The van der Waals surface area contributed by atoms with Gasteiger partial charge in [-0.2, -0.15) is 5.10 Å². The Bertz CT molecular complexity index is 1340. The Labute approximate surface area is 226 Å². The van der Waals surface area contributed by atoms with E-state index < -0.39 is 0 Å². The fourth-order valence-corrected chi connectivity index (χ4v) is 5.97. The van der Waals surface area contributed by atoms with E-state index in [-0.39, 0.29) is 5.82 Å². The molecule has 0 aliphatic carbocycles. The van der Waals surface area contributed by atoms with Gasteiger partial charge in [0.1, 0.15) is 11.6 Å². The van der Waals surface area contributed by atoms with Gasteiger partial charge in [0, 0.05) is 31.7 Å². The summed E-state index contributed by atoms with van der Waals surface area (Å²) in [6.07, 6.45) is 8.95. The highest BCUT2D eigenvalue weighted by Crippen LogP contribution is 2.23. The molecule has 38 heavy (non-hydrogen) atoms. The summed E-state index contributed by atoms with van der Waals surface area (Å²) in [7, 11) is 2.23. The maximum absolute atomic E-state index is 13.8. The lowest BCUT2D eigenvalue weighted by Gasteiger charge is -2.35. The van der Waals surface area contributed by atoms with Gasteiger partial charge in [-0.15, -0.1) is 0 Å². The lowest BCUT2D eigenvalue weighted by atomic mass is 10.0. The highest BCUT2D eigenvalue weighted by molar-refractivity contribution is 5.77. The third kappa shape index (κ3) is 6.00. The molecule has 0 saturated carbocycles. The Morgan fingerprint density at radius 3 is 2.63 bits per heavy atom. The van der Waals surface area contributed by atoms with Crippen LogP contribution in [0.15, 0.2) is 54.7 Å². The highest BCUT2D eigenvalue weighted by atomic mass is 19.1. The van der Waals surface area contributed by atoms with Crippen LogP contribution in [-0.4, -0.2) is 61.9 Å². The van der Waals surface area contributed by atoms with E-state index in [2.05, 4.69) is 58.6 Å².